The van der Waals surface area contributed by atoms with E-state index in [2.05, 4.69) is 10.6 Å². The number of amides is 1. The first-order valence-electron chi connectivity index (χ1n) is 7.84. The molecule has 1 amide bonds. The third-order valence-corrected chi connectivity index (χ3v) is 3.73. The van der Waals surface area contributed by atoms with E-state index in [1.54, 1.807) is 43.5 Å². The van der Waals surface area contributed by atoms with Crippen LogP contribution in [0.2, 0.25) is 0 Å². The molecule has 3 aromatic rings. The van der Waals surface area contributed by atoms with E-state index in [-0.39, 0.29) is 0 Å². The highest BCUT2D eigenvalue weighted by Crippen LogP contribution is 2.27. The van der Waals surface area contributed by atoms with Crippen LogP contribution in [-0.4, -0.2) is 13.0 Å². The van der Waals surface area contributed by atoms with Gasteiger partial charge in [0.1, 0.15) is 22.9 Å². The molecule has 3 rings (SSSR count). The van der Waals surface area contributed by atoms with Crippen LogP contribution in [0.4, 0.5) is 25.8 Å². The predicted molar refractivity (Wildman–Crippen MR) is 97.0 cm³/mol. The van der Waals surface area contributed by atoms with Gasteiger partial charge in [-0.15, -0.1) is 0 Å². The van der Waals surface area contributed by atoms with E-state index in [0.717, 1.165) is 17.8 Å². The topological polar surface area (TPSA) is 50.4 Å². The summed E-state index contributed by atoms with van der Waals surface area (Å²) in [5.74, 6) is -1.97. The van der Waals surface area contributed by atoms with Gasteiger partial charge in [0.2, 0.25) is 0 Å². The van der Waals surface area contributed by atoms with Crippen molar-refractivity contribution in [3.8, 4) is 5.75 Å². The maximum Gasteiger partial charge on any atom is 0.261 e. The first-order valence-corrected chi connectivity index (χ1v) is 7.84. The van der Waals surface area contributed by atoms with Crippen LogP contribution >= 0.6 is 0 Å². The van der Waals surface area contributed by atoms with Gasteiger partial charge in [0.05, 0.1) is 18.5 Å². The minimum absolute atomic E-state index is 0.399. The second-order valence-corrected chi connectivity index (χ2v) is 5.45. The number of anilines is 3. The van der Waals surface area contributed by atoms with Crippen molar-refractivity contribution in [3.63, 3.8) is 0 Å². The highest BCUT2D eigenvalue weighted by Gasteiger charge is 2.18. The Hall–Kier alpha value is -3.41. The van der Waals surface area contributed by atoms with Crippen LogP contribution in [0, 0.1) is 11.6 Å². The first-order chi connectivity index (χ1) is 12.6. The maximum atomic E-state index is 13.8. The number of hydrogen-bond acceptors (Lipinski definition) is 3. The molecule has 0 heterocycles. The summed E-state index contributed by atoms with van der Waals surface area (Å²) >= 11 is 0. The maximum absolute atomic E-state index is 13.8. The Morgan fingerprint density at radius 3 is 2.08 bits per heavy atom. The number of para-hydroxylation sites is 2. The molecule has 6 heteroatoms. The summed E-state index contributed by atoms with van der Waals surface area (Å²) in [6.07, 6.45) is 0. The zero-order valence-electron chi connectivity index (χ0n) is 13.9. The van der Waals surface area contributed by atoms with Crippen molar-refractivity contribution in [1.82, 2.24) is 0 Å². The van der Waals surface area contributed by atoms with E-state index < -0.39 is 23.1 Å². The quantitative estimate of drug-likeness (QED) is 0.680. The first kappa shape index (κ1) is 17.4. The molecule has 3 aromatic carbocycles. The lowest BCUT2D eigenvalue weighted by atomic mass is 10.1. The largest absolute Gasteiger partial charge is 0.497 e. The second kappa shape index (κ2) is 7.65. The number of ether oxygens (including phenoxy) is 1. The summed E-state index contributed by atoms with van der Waals surface area (Å²) in [4.78, 5) is 12.3. The number of carbonyl (C=O) groups excluding carboxylic acids is 1. The number of rotatable bonds is 5. The van der Waals surface area contributed by atoms with Gasteiger partial charge in [-0.25, -0.2) is 8.78 Å². The molecule has 0 unspecified atom stereocenters. The van der Waals surface area contributed by atoms with E-state index >= 15 is 0 Å². The summed E-state index contributed by atoms with van der Waals surface area (Å²) in [5.41, 5.74) is 1.13. The van der Waals surface area contributed by atoms with Crippen molar-refractivity contribution in [3.05, 3.63) is 83.9 Å². The Labute approximate surface area is 149 Å². The average Bonchev–Trinajstić information content (AvgIpc) is 2.64. The molecule has 0 aliphatic rings. The molecule has 0 aliphatic heterocycles. The van der Waals surface area contributed by atoms with Gasteiger partial charge in [0.15, 0.2) is 0 Å². The van der Waals surface area contributed by atoms with Gasteiger partial charge in [-0.3, -0.25) is 4.79 Å². The minimum atomic E-state index is -0.914. The molecule has 0 radical (unpaired) electrons. The SMILES string of the molecule is COc1ccc(Nc2ccccc2NC(=O)c2c(F)cccc2F)cc1. The number of halogens is 2. The third kappa shape index (κ3) is 3.80. The standard InChI is InChI=1S/C20H16F2N2O2/c1-26-14-11-9-13(10-12-14)23-17-7-2-3-8-18(17)24-20(25)19-15(21)5-4-6-16(19)22/h2-12,23H,1H3,(H,24,25). The molecule has 26 heavy (non-hydrogen) atoms. The van der Waals surface area contributed by atoms with Crippen molar-refractivity contribution >= 4 is 23.0 Å². The van der Waals surface area contributed by atoms with Crippen molar-refractivity contribution < 1.29 is 18.3 Å². The molecule has 4 nitrogen and oxygen atoms in total. The lowest BCUT2D eigenvalue weighted by Crippen LogP contribution is -2.16. The van der Waals surface area contributed by atoms with Crippen LogP contribution in [0.1, 0.15) is 10.4 Å². The van der Waals surface area contributed by atoms with Crippen LogP contribution in [0.15, 0.2) is 66.7 Å². The molecule has 0 spiro atoms. The predicted octanol–water partition coefficient (Wildman–Crippen LogP) is 4.97. The van der Waals surface area contributed by atoms with Crippen molar-refractivity contribution in [2.24, 2.45) is 0 Å². The van der Waals surface area contributed by atoms with Gasteiger partial charge in [-0.2, -0.15) is 0 Å². The summed E-state index contributed by atoms with van der Waals surface area (Å²) in [6.45, 7) is 0. The molecular weight excluding hydrogens is 338 g/mol. The Bertz CT molecular complexity index is 907. The molecule has 0 fully saturated rings. The Kier molecular flexibility index (Phi) is 5.12. The fourth-order valence-corrected chi connectivity index (χ4v) is 2.43. The smallest absolute Gasteiger partial charge is 0.261 e. The fraction of sp³-hybridized carbons (Fsp3) is 0.0500. The molecule has 2 N–H and O–H groups in total. The monoisotopic (exact) mass is 354 g/mol. The molecule has 0 saturated heterocycles. The molecule has 0 atom stereocenters. The van der Waals surface area contributed by atoms with Crippen molar-refractivity contribution in [1.29, 1.82) is 0 Å². The van der Waals surface area contributed by atoms with Gasteiger partial charge in [-0.05, 0) is 48.5 Å². The Balaban J connectivity index is 1.84. The van der Waals surface area contributed by atoms with Gasteiger partial charge in [-0.1, -0.05) is 18.2 Å². The molecule has 132 valence electrons. The highest BCUT2D eigenvalue weighted by molar-refractivity contribution is 6.06. The van der Waals surface area contributed by atoms with E-state index in [1.165, 1.54) is 6.07 Å². The normalized spacial score (nSPS) is 10.3. The van der Waals surface area contributed by atoms with Crippen LogP contribution in [0.5, 0.6) is 5.75 Å². The van der Waals surface area contributed by atoms with Crippen LogP contribution in [0.3, 0.4) is 0 Å². The van der Waals surface area contributed by atoms with Crippen molar-refractivity contribution in [2.45, 2.75) is 0 Å². The molecular formula is C20H16F2N2O2. The van der Waals surface area contributed by atoms with Gasteiger partial charge < -0.3 is 15.4 Å². The zero-order chi connectivity index (χ0) is 18.5. The fourth-order valence-electron chi connectivity index (χ4n) is 2.43. The van der Waals surface area contributed by atoms with E-state index in [9.17, 15) is 13.6 Å². The lowest BCUT2D eigenvalue weighted by Gasteiger charge is -2.14. The highest BCUT2D eigenvalue weighted by atomic mass is 19.1. The lowest BCUT2D eigenvalue weighted by molar-refractivity contribution is 0.101. The number of hydrogen-bond donors (Lipinski definition) is 2. The number of nitrogens with one attached hydrogen (secondary N) is 2. The van der Waals surface area contributed by atoms with Crippen LogP contribution in [-0.2, 0) is 0 Å². The second-order valence-electron chi connectivity index (χ2n) is 5.45. The number of methoxy groups -OCH3 is 1. The van der Waals surface area contributed by atoms with Crippen LogP contribution in [0.25, 0.3) is 0 Å². The zero-order valence-corrected chi connectivity index (χ0v) is 13.9. The van der Waals surface area contributed by atoms with Crippen LogP contribution < -0.4 is 15.4 Å². The number of benzene rings is 3. The summed E-state index contributed by atoms with van der Waals surface area (Å²) in [5, 5.41) is 5.70. The Morgan fingerprint density at radius 2 is 1.46 bits per heavy atom. The minimum Gasteiger partial charge on any atom is -0.497 e. The number of carbonyl (C=O) groups is 1. The molecule has 0 bridgehead atoms. The molecule has 0 aromatic heterocycles. The molecule has 0 saturated carbocycles. The average molecular weight is 354 g/mol. The van der Waals surface area contributed by atoms with Gasteiger partial charge >= 0.3 is 0 Å². The Morgan fingerprint density at radius 1 is 0.846 bits per heavy atom. The van der Waals surface area contributed by atoms with E-state index in [4.69, 9.17) is 4.74 Å². The summed E-state index contributed by atoms with van der Waals surface area (Å²) in [7, 11) is 1.58. The van der Waals surface area contributed by atoms with Crippen molar-refractivity contribution in [2.75, 3.05) is 17.7 Å². The summed E-state index contributed by atoms with van der Waals surface area (Å²) < 4.78 is 32.7. The van der Waals surface area contributed by atoms with Gasteiger partial charge in [0.25, 0.3) is 5.91 Å². The van der Waals surface area contributed by atoms with Gasteiger partial charge in [0, 0.05) is 5.69 Å². The van der Waals surface area contributed by atoms with E-state index in [0.29, 0.717) is 17.1 Å². The molecule has 0 aliphatic carbocycles. The summed E-state index contributed by atoms with van der Waals surface area (Å²) in [6, 6.07) is 17.4. The van der Waals surface area contributed by atoms with E-state index in [1.807, 2.05) is 12.1 Å². The third-order valence-electron chi connectivity index (χ3n) is 3.73.